The number of imidazole rings is 1. The maximum Gasteiger partial charge on any atom is 0.308 e. The molecule has 2 heterocycles. The van der Waals surface area contributed by atoms with Crippen molar-refractivity contribution < 1.29 is 19.1 Å². The highest BCUT2D eigenvalue weighted by Gasteiger charge is 2.36. The van der Waals surface area contributed by atoms with Gasteiger partial charge in [0.15, 0.2) is 0 Å². The van der Waals surface area contributed by atoms with E-state index in [0.717, 1.165) is 0 Å². The van der Waals surface area contributed by atoms with Crippen LogP contribution in [0.5, 0.6) is 0 Å². The number of ether oxygens (including phenoxy) is 1. The third kappa shape index (κ3) is 3.37. The first-order valence-corrected chi connectivity index (χ1v) is 7.86. The number of rotatable bonds is 4. The minimum absolute atomic E-state index is 0.184. The maximum absolute atomic E-state index is 13.1. The lowest BCUT2D eigenvalue weighted by molar-refractivity contribution is -0.145. The molecule has 2 N–H and O–H groups in total. The Labute approximate surface area is 144 Å². The molecule has 25 heavy (non-hydrogen) atoms. The van der Waals surface area contributed by atoms with Gasteiger partial charge in [-0.1, -0.05) is 18.2 Å². The molecule has 1 aromatic heterocycles. The Morgan fingerprint density at radius 3 is 2.88 bits per heavy atom. The summed E-state index contributed by atoms with van der Waals surface area (Å²) in [6.45, 7) is 0.657. The standard InChI is InChI=1S/C17H18N4O4/c1-25-14(22)10-13-16(23)20-8-9-21(13)17(24)12-5-3-2-4-11(12)15-18-6-7-19-15/h2-7,13H,8-10H2,1H3,(H,18,19)(H,20,23)/t13-/m1/s1. The van der Waals surface area contributed by atoms with Crippen molar-refractivity contribution in [3.8, 4) is 11.4 Å². The van der Waals surface area contributed by atoms with Crippen LogP contribution < -0.4 is 5.32 Å². The summed E-state index contributed by atoms with van der Waals surface area (Å²) < 4.78 is 4.65. The van der Waals surface area contributed by atoms with E-state index in [1.165, 1.54) is 12.0 Å². The minimum Gasteiger partial charge on any atom is -0.469 e. The third-order valence-corrected chi connectivity index (χ3v) is 4.09. The van der Waals surface area contributed by atoms with E-state index in [2.05, 4.69) is 20.0 Å². The van der Waals surface area contributed by atoms with Crippen molar-refractivity contribution >= 4 is 17.8 Å². The number of nitrogens with zero attached hydrogens (tertiary/aromatic N) is 2. The summed E-state index contributed by atoms with van der Waals surface area (Å²) in [5, 5.41) is 2.68. The molecule has 0 unspecified atom stereocenters. The van der Waals surface area contributed by atoms with Crippen molar-refractivity contribution in [1.29, 1.82) is 0 Å². The number of piperazine rings is 1. The van der Waals surface area contributed by atoms with E-state index in [1.54, 1.807) is 30.6 Å². The van der Waals surface area contributed by atoms with Crippen LogP contribution in [0.2, 0.25) is 0 Å². The van der Waals surface area contributed by atoms with Crippen LogP contribution >= 0.6 is 0 Å². The number of amides is 2. The minimum atomic E-state index is -0.890. The van der Waals surface area contributed by atoms with Gasteiger partial charge in [0.25, 0.3) is 5.91 Å². The fraction of sp³-hybridized carbons (Fsp3) is 0.294. The number of hydrogen-bond acceptors (Lipinski definition) is 5. The highest BCUT2D eigenvalue weighted by atomic mass is 16.5. The molecule has 0 aliphatic carbocycles. The molecular weight excluding hydrogens is 324 g/mol. The second kappa shape index (κ2) is 7.16. The molecule has 2 amide bonds. The molecule has 1 fully saturated rings. The van der Waals surface area contributed by atoms with Crippen molar-refractivity contribution in [2.24, 2.45) is 0 Å². The van der Waals surface area contributed by atoms with Gasteiger partial charge in [0, 0.05) is 31.0 Å². The molecule has 2 aromatic rings. The van der Waals surface area contributed by atoms with Crippen LogP contribution in [-0.2, 0) is 14.3 Å². The van der Waals surface area contributed by atoms with Gasteiger partial charge in [0.1, 0.15) is 11.9 Å². The van der Waals surface area contributed by atoms with Gasteiger partial charge >= 0.3 is 5.97 Å². The molecule has 1 aromatic carbocycles. The van der Waals surface area contributed by atoms with Gasteiger partial charge in [0.05, 0.1) is 19.1 Å². The number of methoxy groups -OCH3 is 1. The predicted molar refractivity (Wildman–Crippen MR) is 88.5 cm³/mol. The fourth-order valence-corrected chi connectivity index (χ4v) is 2.85. The topological polar surface area (TPSA) is 104 Å². The van der Waals surface area contributed by atoms with Crippen molar-refractivity contribution in [2.45, 2.75) is 12.5 Å². The van der Waals surface area contributed by atoms with Crippen molar-refractivity contribution in [1.82, 2.24) is 20.2 Å². The molecule has 0 spiro atoms. The molecule has 0 bridgehead atoms. The molecule has 1 atom stereocenters. The van der Waals surface area contributed by atoms with Crippen LogP contribution in [0.4, 0.5) is 0 Å². The molecule has 8 heteroatoms. The number of nitrogens with one attached hydrogen (secondary N) is 2. The van der Waals surface area contributed by atoms with Gasteiger partial charge in [-0.15, -0.1) is 0 Å². The number of H-pyrrole nitrogens is 1. The summed E-state index contributed by atoms with van der Waals surface area (Å²) in [5.74, 6) is -0.662. The SMILES string of the molecule is COC(=O)C[C@@H]1C(=O)NCCN1C(=O)c1ccccc1-c1ncc[nH]1. The van der Waals surface area contributed by atoms with Gasteiger partial charge in [-0.05, 0) is 6.07 Å². The number of benzene rings is 1. The lowest BCUT2D eigenvalue weighted by Gasteiger charge is -2.34. The largest absolute Gasteiger partial charge is 0.469 e. The Hall–Kier alpha value is -3.16. The highest BCUT2D eigenvalue weighted by molar-refractivity contribution is 6.03. The van der Waals surface area contributed by atoms with E-state index >= 15 is 0 Å². The summed E-state index contributed by atoms with van der Waals surface area (Å²) in [5.41, 5.74) is 1.06. The summed E-state index contributed by atoms with van der Waals surface area (Å²) in [6, 6.07) is 6.13. The van der Waals surface area contributed by atoms with Crippen LogP contribution in [0.15, 0.2) is 36.7 Å². The zero-order chi connectivity index (χ0) is 17.8. The number of carbonyl (C=O) groups excluding carboxylic acids is 3. The van der Waals surface area contributed by atoms with Crippen LogP contribution in [0, 0.1) is 0 Å². The fourth-order valence-electron chi connectivity index (χ4n) is 2.85. The average Bonchev–Trinajstić information content (AvgIpc) is 3.17. The highest BCUT2D eigenvalue weighted by Crippen LogP contribution is 2.23. The number of aromatic nitrogens is 2. The summed E-state index contributed by atoms with van der Waals surface area (Å²) >= 11 is 0. The zero-order valence-corrected chi connectivity index (χ0v) is 13.7. The monoisotopic (exact) mass is 342 g/mol. The third-order valence-electron chi connectivity index (χ3n) is 4.09. The first kappa shape index (κ1) is 16.7. The second-order valence-corrected chi connectivity index (χ2v) is 5.57. The van der Waals surface area contributed by atoms with Crippen molar-refractivity contribution in [3.63, 3.8) is 0 Å². The van der Waals surface area contributed by atoms with Gasteiger partial charge in [0.2, 0.25) is 5.91 Å². The number of esters is 1. The summed E-state index contributed by atoms with van der Waals surface area (Å²) in [6.07, 6.45) is 3.09. The zero-order valence-electron chi connectivity index (χ0n) is 13.7. The van der Waals surface area contributed by atoms with E-state index in [0.29, 0.717) is 30.0 Å². The normalized spacial score (nSPS) is 17.1. The van der Waals surface area contributed by atoms with Crippen molar-refractivity contribution in [2.75, 3.05) is 20.2 Å². The molecule has 1 aliphatic rings. The van der Waals surface area contributed by atoms with Crippen LogP contribution in [0.25, 0.3) is 11.4 Å². The lowest BCUT2D eigenvalue weighted by atomic mass is 10.0. The molecule has 3 rings (SSSR count). The predicted octanol–water partition coefficient (Wildman–Crippen LogP) is 0.580. The van der Waals surface area contributed by atoms with Gasteiger partial charge in [-0.3, -0.25) is 14.4 Å². The van der Waals surface area contributed by atoms with Gasteiger partial charge in [-0.2, -0.15) is 0 Å². The van der Waals surface area contributed by atoms with Crippen LogP contribution in [0.3, 0.4) is 0 Å². The first-order valence-electron chi connectivity index (χ1n) is 7.86. The van der Waals surface area contributed by atoms with Gasteiger partial charge < -0.3 is 19.9 Å². The Balaban J connectivity index is 1.94. The second-order valence-electron chi connectivity index (χ2n) is 5.57. The Kier molecular flexibility index (Phi) is 4.78. The molecule has 0 radical (unpaired) electrons. The summed E-state index contributed by atoms with van der Waals surface area (Å²) in [4.78, 5) is 45.5. The van der Waals surface area contributed by atoms with E-state index in [-0.39, 0.29) is 18.2 Å². The van der Waals surface area contributed by atoms with E-state index in [4.69, 9.17) is 0 Å². The number of aromatic amines is 1. The molecule has 130 valence electrons. The Morgan fingerprint density at radius 1 is 1.36 bits per heavy atom. The number of hydrogen-bond donors (Lipinski definition) is 2. The smallest absolute Gasteiger partial charge is 0.308 e. The maximum atomic E-state index is 13.1. The van der Waals surface area contributed by atoms with E-state index in [1.807, 2.05) is 6.07 Å². The Morgan fingerprint density at radius 2 is 2.16 bits per heavy atom. The first-order chi connectivity index (χ1) is 12.1. The van der Waals surface area contributed by atoms with Crippen LogP contribution in [0.1, 0.15) is 16.8 Å². The molecular formula is C17H18N4O4. The molecule has 8 nitrogen and oxygen atoms in total. The Bertz CT molecular complexity index is 788. The molecule has 1 aliphatic heterocycles. The summed E-state index contributed by atoms with van der Waals surface area (Å²) in [7, 11) is 1.25. The lowest BCUT2D eigenvalue weighted by Crippen LogP contribution is -2.57. The van der Waals surface area contributed by atoms with Gasteiger partial charge in [-0.25, -0.2) is 4.98 Å². The average molecular weight is 342 g/mol. The van der Waals surface area contributed by atoms with E-state index < -0.39 is 12.0 Å². The van der Waals surface area contributed by atoms with E-state index in [9.17, 15) is 14.4 Å². The molecule has 0 saturated carbocycles. The molecule has 1 saturated heterocycles. The quantitative estimate of drug-likeness (QED) is 0.791. The van der Waals surface area contributed by atoms with Crippen LogP contribution in [-0.4, -0.2) is 58.9 Å². The number of carbonyl (C=O) groups is 3. The van der Waals surface area contributed by atoms with Crippen molar-refractivity contribution in [3.05, 3.63) is 42.2 Å².